The number of ether oxygens (including phenoxy) is 3. The Kier molecular flexibility index (Phi) is 5.31. The average molecular weight is 371 g/mol. The Morgan fingerprint density at radius 1 is 1.26 bits per heavy atom. The number of amides is 1. The first-order valence-electron chi connectivity index (χ1n) is 9.15. The first-order valence-corrected chi connectivity index (χ1v) is 9.15. The third kappa shape index (κ3) is 4.36. The quantitative estimate of drug-likeness (QED) is 0.709. The number of likely N-dealkylation sites (tertiary alicyclic amines) is 1. The third-order valence-corrected chi connectivity index (χ3v) is 4.54. The normalized spacial score (nSPS) is 16.9. The van der Waals surface area contributed by atoms with E-state index in [1.165, 1.54) is 0 Å². The van der Waals surface area contributed by atoms with Crippen molar-refractivity contribution < 1.29 is 23.8 Å². The minimum absolute atomic E-state index is 0.0404. The molecule has 0 unspecified atom stereocenters. The highest BCUT2D eigenvalue weighted by Gasteiger charge is 2.27. The first-order chi connectivity index (χ1) is 12.8. The van der Waals surface area contributed by atoms with Crippen LogP contribution in [0.2, 0.25) is 0 Å². The van der Waals surface area contributed by atoms with Gasteiger partial charge in [-0.2, -0.15) is 0 Å². The molecule has 6 heteroatoms. The molecule has 1 saturated heterocycles. The van der Waals surface area contributed by atoms with Crippen LogP contribution in [0.4, 0.5) is 4.79 Å². The van der Waals surface area contributed by atoms with Crippen LogP contribution < -0.4 is 9.47 Å². The maximum absolute atomic E-state index is 12.1. The van der Waals surface area contributed by atoms with Gasteiger partial charge in [0, 0.05) is 19.0 Å². The Hall–Kier alpha value is -2.68. The van der Waals surface area contributed by atoms with E-state index >= 15 is 0 Å². The standard InChI is InChI=1S/C21H25NO5/c1-21(2,3)27-20(24)22-11-9-14(10-12-22)5-6-16-18(25-4)8-7-15-17(23)13-26-19(15)16/h7-8,14H,9-13H2,1-4H3. The molecule has 1 aromatic carbocycles. The van der Waals surface area contributed by atoms with Crippen LogP contribution in [-0.4, -0.2) is 49.2 Å². The fourth-order valence-corrected chi connectivity index (χ4v) is 3.15. The molecule has 0 saturated carbocycles. The highest BCUT2D eigenvalue weighted by molar-refractivity contribution is 6.03. The van der Waals surface area contributed by atoms with Crippen molar-refractivity contribution in [1.82, 2.24) is 4.90 Å². The molecule has 0 spiro atoms. The number of piperidine rings is 1. The van der Waals surface area contributed by atoms with E-state index in [1.54, 1.807) is 24.1 Å². The SMILES string of the molecule is COc1ccc2c(c1C#CC1CCN(C(=O)OC(C)(C)C)CC1)OCC2=O. The van der Waals surface area contributed by atoms with Crippen LogP contribution in [0.3, 0.4) is 0 Å². The summed E-state index contributed by atoms with van der Waals surface area (Å²) < 4.78 is 16.3. The summed E-state index contributed by atoms with van der Waals surface area (Å²) in [6.45, 7) is 6.87. The molecule has 0 aliphatic carbocycles. The van der Waals surface area contributed by atoms with Crippen LogP contribution >= 0.6 is 0 Å². The van der Waals surface area contributed by atoms with Crippen molar-refractivity contribution in [2.75, 3.05) is 26.8 Å². The van der Waals surface area contributed by atoms with E-state index in [0.29, 0.717) is 35.7 Å². The number of hydrogen-bond acceptors (Lipinski definition) is 5. The number of ketones is 1. The fourth-order valence-electron chi connectivity index (χ4n) is 3.15. The van der Waals surface area contributed by atoms with Crippen LogP contribution in [0, 0.1) is 17.8 Å². The van der Waals surface area contributed by atoms with Crippen LogP contribution in [0.1, 0.15) is 49.5 Å². The number of fused-ring (bicyclic) bond motifs is 1. The number of carbonyl (C=O) groups excluding carboxylic acids is 2. The zero-order chi connectivity index (χ0) is 19.6. The number of Topliss-reactive ketones (excluding diaryl/α,β-unsaturated/α-hetero) is 1. The number of benzene rings is 1. The topological polar surface area (TPSA) is 65.1 Å². The highest BCUT2D eigenvalue weighted by atomic mass is 16.6. The van der Waals surface area contributed by atoms with E-state index in [1.807, 2.05) is 20.8 Å². The molecule has 0 bridgehead atoms. The molecule has 2 aliphatic rings. The lowest BCUT2D eigenvalue weighted by Gasteiger charge is -2.31. The molecule has 2 aliphatic heterocycles. The van der Waals surface area contributed by atoms with Gasteiger partial charge >= 0.3 is 6.09 Å². The highest BCUT2D eigenvalue weighted by Crippen LogP contribution is 2.35. The maximum Gasteiger partial charge on any atom is 0.410 e. The van der Waals surface area contributed by atoms with Gasteiger partial charge in [-0.05, 0) is 45.7 Å². The van der Waals surface area contributed by atoms with Crippen molar-refractivity contribution in [3.63, 3.8) is 0 Å². The van der Waals surface area contributed by atoms with E-state index in [4.69, 9.17) is 14.2 Å². The van der Waals surface area contributed by atoms with E-state index in [0.717, 1.165) is 12.8 Å². The number of carbonyl (C=O) groups is 2. The molecule has 0 N–H and O–H groups in total. The number of hydrogen-bond donors (Lipinski definition) is 0. The van der Waals surface area contributed by atoms with Crippen LogP contribution in [-0.2, 0) is 4.74 Å². The van der Waals surface area contributed by atoms with Crippen molar-refractivity contribution in [3.8, 4) is 23.3 Å². The third-order valence-electron chi connectivity index (χ3n) is 4.54. The van der Waals surface area contributed by atoms with Gasteiger partial charge in [-0.15, -0.1) is 0 Å². The van der Waals surface area contributed by atoms with Crippen molar-refractivity contribution in [2.24, 2.45) is 5.92 Å². The summed E-state index contributed by atoms with van der Waals surface area (Å²) >= 11 is 0. The predicted octanol–water partition coefficient (Wildman–Crippen LogP) is 3.27. The summed E-state index contributed by atoms with van der Waals surface area (Å²) in [5.74, 6) is 7.65. The van der Waals surface area contributed by atoms with Gasteiger partial charge < -0.3 is 19.1 Å². The van der Waals surface area contributed by atoms with Gasteiger partial charge in [0.15, 0.2) is 6.61 Å². The monoisotopic (exact) mass is 371 g/mol. The zero-order valence-corrected chi connectivity index (χ0v) is 16.3. The van der Waals surface area contributed by atoms with Gasteiger partial charge in [-0.3, -0.25) is 4.79 Å². The molecule has 27 heavy (non-hydrogen) atoms. The molecule has 0 aromatic heterocycles. The Bertz CT molecular complexity index is 804. The van der Waals surface area contributed by atoms with Gasteiger partial charge in [-0.1, -0.05) is 11.8 Å². The Balaban J connectivity index is 1.69. The lowest BCUT2D eigenvalue weighted by atomic mass is 9.97. The summed E-state index contributed by atoms with van der Waals surface area (Å²) in [7, 11) is 1.57. The second-order valence-corrected chi connectivity index (χ2v) is 7.74. The summed E-state index contributed by atoms with van der Waals surface area (Å²) in [4.78, 5) is 25.7. The van der Waals surface area contributed by atoms with E-state index in [-0.39, 0.29) is 24.4 Å². The minimum Gasteiger partial charge on any atom is -0.495 e. The van der Waals surface area contributed by atoms with E-state index in [9.17, 15) is 9.59 Å². The van der Waals surface area contributed by atoms with Crippen molar-refractivity contribution >= 4 is 11.9 Å². The van der Waals surface area contributed by atoms with Gasteiger partial charge in [0.25, 0.3) is 0 Å². The molecule has 6 nitrogen and oxygen atoms in total. The lowest BCUT2D eigenvalue weighted by molar-refractivity contribution is 0.0199. The molecule has 144 valence electrons. The number of methoxy groups -OCH3 is 1. The Morgan fingerprint density at radius 2 is 1.96 bits per heavy atom. The fraction of sp³-hybridized carbons (Fsp3) is 0.524. The second-order valence-electron chi connectivity index (χ2n) is 7.74. The first kappa shape index (κ1) is 19.1. The van der Waals surface area contributed by atoms with Crippen molar-refractivity contribution in [1.29, 1.82) is 0 Å². The van der Waals surface area contributed by atoms with Gasteiger partial charge in [0.1, 0.15) is 22.7 Å². The Labute approximate surface area is 159 Å². The number of rotatable bonds is 1. The van der Waals surface area contributed by atoms with Gasteiger partial charge in [0.2, 0.25) is 5.78 Å². The molecule has 2 heterocycles. The summed E-state index contributed by atoms with van der Waals surface area (Å²) in [5.41, 5.74) is 0.686. The predicted molar refractivity (Wildman–Crippen MR) is 100 cm³/mol. The van der Waals surface area contributed by atoms with Gasteiger partial charge in [-0.25, -0.2) is 4.79 Å². The van der Waals surface area contributed by atoms with E-state index in [2.05, 4.69) is 11.8 Å². The van der Waals surface area contributed by atoms with Crippen molar-refractivity contribution in [2.45, 2.75) is 39.2 Å². The van der Waals surface area contributed by atoms with Crippen LogP contribution in [0.5, 0.6) is 11.5 Å². The molecular formula is C21H25NO5. The maximum atomic E-state index is 12.1. The molecule has 0 atom stereocenters. The van der Waals surface area contributed by atoms with E-state index < -0.39 is 5.60 Å². The molecular weight excluding hydrogens is 346 g/mol. The molecule has 3 rings (SSSR count). The van der Waals surface area contributed by atoms with Crippen LogP contribution in [0.15, 0.2) is 12.1 Å². The lowest BCUT2D eigenvalue weighted by Crippen LogP contribution is -2.41. The average Bonchev–Trinajstić information content (AvgIpc) is 3.00. The molecule has 1 aromatic rings. The molecule has 0 radical (unpaired) electrons. The largest absolute Gasteiger partial charge is 0.495 e. The van der Waals surface area contributed by atoms with Crippen LogP contribution in [0.25, 0.3) is 0 Å². The zero-order valence-electron chi connectivity index (χ0n) is 16.3. The molecule has 1 fully saturated rings. The Morgan fingerprint density at radius 3 is 2.59 bits per heavy atom. The summed E-state index contributed by atoms with van der Waals surface area (Å²) in [6, 6.07) is 3.47. The number of nitrogens with zero attached hydrogens (tertiary/aromatic N) is 1. The smallest absolute Gasteiger partial charge is 0.410 e. The molecule has 1 amide bonds. The second kappa shape index (κ2) is 7.51. The summed E-state index contributed by atoms with van der Waals surface area (Å²) in [5, 5.41) is 0. The summed E-state index contributed by atoms with van der Waals surface area (Å²) in [6.07, 6.45) is 1.29. The van der Waals surface area contributed by atoms with Crippen molar-refractivity contribution in [3.05, 3.63) is 23.3 Å². The van der Waals surface area contributed by atoms with Gasteiger partial charge in [0.05, 0.1) is 12.7 Å². The minimum atomic E-state index is -0.491.